The van der Waals surface area contributed by atoms with Crippen LogP contribution in [0.25, 0.3) is 0 Å². The van der Waals surface area contributed by atoms with Gasteiger partial charge in [0.25, 0.3) is 0 Å². The second-order valence-corrected chi connectivity index (χ2v) is 8.67. The van der Waals surface area contributed by atoms with E-state index in [-0.39, 0.29) is 44.6 Å². The van der Waals surface area contributed by atoms with Crippen molar-refractivity contribution >= 4 is 17.9 Å². The summed E-state index contributed by atoms with van der Waals surface area (Å²) in [5.41, 5.74) is 0. The zero-order valence-electron chi connectivity index (χ0n) is 25.6. The number of carbonyl (C=O) groups is 3. The van der Waals surface area contributed by atoms with E-state index in [2.05, 4.69) is 0 Å². The molecule has 0 aliphatic heterocycles. The summed E-state index contributed by atoms with van der Waals surface area (Å²) in [6.07, 6.45) is 1.23. The molecule has 0 aromatic rings. The van der Waals surface area contributed by atoms with Crippen LogP contribution in [0.3, 0.4) is 0 Å². The van der Waals surface area contributed by atoms with E-state index in [1.165, 1.54) is 6.92 Å². The first-order chi connectivity index (χ1) is 21.0. The second kappa shape index (κ2) is 34.5. The van der Waals surface area contributed by atoms with Crippen LogP contribution in [0.5, 0.6) is 0 Å². The van der Waals surface area contributed by atoms with Gasteiger partial charge in [0.2, 0.25) is 0 Å². The van der Waals surface area contributed by atoms with Crippen LogP contribution < -0.4 is 0 Å². The monoisotopic (exact) mass is 628 g/mol. The van der Waals surface area contributed by atoms with Gasteiger partial charge >= 0.3 is 17.9 Å². The molecule has 0 atom stereocenters. The van der Waals surface area contributed by atoms with E-state index in [1.807, 2.05) is 0 Å². The largest absolute Gasteiger partial charge is 0.481 e. The Labute approximate surface area is 254 Å². The molecular weight excluding hydrogens is 576 g/mol. The summed E-state index contributed by atoms with van der Waals surface area (Å²) in [6, 6.07) is 0. The summed E-state index contributed by atoms with van der Waals surface area (Å²) in [7, 11) is 0. The van der Waals surface area contributed by atoms with Crippen molar-refractivity contribution in [3.8, 4) is 0 Å². The van der Waals surface area contributed by atoms with Gasteiger partial charge in [-0.3, -0.25) is 14.4 Å². The molecule has 0 amide bonds. The van der Waals surface area contributed by atoms with Gasteiger partial charge in [0.05, 0.1) is 119 Å². The van der Waals surface area contributed by atoms with Crippen LogP contribution in [0.2, 0.25) is 0 Å². The summed E-state index contributed by atoms with van der Waals surface area (Å²) < 4.78 is 58.2. The zero-order valence-corrected chi connectivity index (χ0v) is 25.6. The van der Waals surface area contributed by atoms with Crippen LogP contribution in [0.1, 0.15) is 32.6 Å². The first-order valence-electron chi connectivity index (χ1n) is 14.7. The molecule has 43 heavy (non-hydrogen) atoms. The number of carboxylic acid groups (broad SMARTS) is 1. The highest BCUT2D eigenvalue weighted by Crippen LogP contribution is 2.01. The molecule has 0 rings (SSSR count). The minimum Gasteiger partial charge on any atom is -0.481 e. The first kappa shape index (κ1) is 41.0. The van der Waals surface area contributed by atoms with Crippen LogP contribution in [0.4, 0.5) is 0 Å². The predicted octanol–water partition coefficient (Wildman–Crippen LogP) is 0.887. The zero-order chi connectivity index (χ0) is 31.5. The third-order valence-electron chi connectivity index (χ3n) is 5.02. The fourth-order valence-corrected chi connectivity index (χ4v) is 2.94. The van der Waals surface area contributed by atoms with Crippen molar-refractivity contribution in [1.29, 1.82) is 0 Å². The summed E-state index contributed by atoms with van der Waals surface area (Å²) in [5, 5.41) is 8.53. The Balaban J connectivity index is 3.10. The maximum atomic E-state index is 11.5. The van der Waals surface area contributed by atoms with Crippen LogP contribution >= 0.6 is 0 Å². The number of rotatable bonds is 35. The van der Waals surface area contributed by atoms with E-state index < -0.39 is 5.97 Å². The molecule has 15 nitrogen and oxygen atoms in total. The standard InChI is InChI=1S/C28H52O15/c1-26(29)42-24-22-40-20-18-38-16-14-36-12-10-34-8-6-33-7-9-35-11-13-37-15-17-39-19-21-41-23-25-43-28(32)5-3-2-4-27(30)31/h2-25H2,1H3,(H,30,31). The highest BCUT2D eigenvalue weighted by molar-refractivity contribution is 5.69. The van der Waals surface area contributed by atoms with Crippen molar-refractivity contribution in [2.75, 3.05) is 132 Å². The molecule has 0 radical (unpaired) electrons. The van der Waals surface area contributed by atoms with Crippen molar-refractivity contribution in [2.45, 2.75) is 32.6 Å². The molecule has 0 saturated carbocycles. The van der Waals surface area contributed by atoms with Crippen LogP contribution in [-0.2, 0) is 66.5 Å². The number of ether oxygens (including phenoxy) is 11. The van der Waals surface area contributed by atoms with Crippen molar-refractivity contribution in [1.82, 2.24) is 0 Å². The number of aliphatic carboxylic acids is 1. The fourth-order valence-electron chi connectivity index (χ4n) is 2.94. The topological polar surface area (TPSA) is 173 Å². The normalized spacial score (nSPS) is 11.1. The molecule has 0 aliphatic carbocycles. The molecule has 0 heterocycles. The highest BCUT2D eigenvalue weighted by Gasteiger charge is 2.04. The minimum atomic E-state index is -0.865. The van der Waals surface area contributed by atoms with Crippen molar-refractivity contribution in [2.24, 2.45) is 0 Å². The predicted molar refractivity (Wildman–Crippen MR) is 151 cm³/mol. The lowest BCUT2D eigenvalue weighted by Crippen LogP contribution is -2.15. The van der Waals surface area contributed by atoms with Gasteiger partial charge in [-0.05, 0) is 12.8 Å². The van der Waals surface area contributed by atoms with E-state index >= 15 is 0 Å². The SMILES string of the molecule is CC(=O)OCCOCCOCCOCCOCCOCCOCCOCCOCCOCCOC(=O)CCCCC(=O)O. The Bertz CT molecular complexity index is 635. The van der Waals surface area contributed by atoms with Gasteiger partial charge in [-0.15, -0.1) is 0 Å². The first-order valence-corrected chi connectivity index (χ1v) is 14.7. The van der Waals surface area contributed by atoms with Gasteiger partial charge in [-0.2, -0.15) is 0 Å². The Morgan fingerprint density at radius 2 is 0.651 bits per heavy atom. The molecule has 0 aromatic carbocycles. The lowest BCUT2D eigenvalue weighted by molar-refractivity contribution is -0.146. The maximum absolute atomic E-state index is 11.5. The molecule has 254 valence electrons. The highest BCUT2D eigenvalue weighted by atomic mass is 16.6. The minimum absolute atomic E-state index is 0.0580. The van der Waals surface area contributed by atoms with Crippen LogP contribution in [0, 0.1) is 0 Å². The molecule has 0 aliphatic rings. The molecule has 0 fully saturated rings. The average Bonchev–Trinajstić information content (AvgIpc) is 2.98. The average molecular weight is 629 g/mol. The Kier molecular flexibility index (Phi) is 33.0. The number of esters is 2. The lowest BCUT2D eigenvalue weighted by Gasteiger charge is -2.09. The van der Waals surface area contributed by atoms with Crippen molar-refractivity contribution in [3.63, 3.8) is 0 Å². The number of carboxylic acids is 1. The van der Waals surface area contributed by atoms with Crippen molar-refractivity contribution < 1.29 is 71.6 Å². The summed E-state index contributed by atoms with van der Waals surface area (Å²) in [5.74, 6) is -1.53. The molecular formula is C28H52O15. The van der Waals surface area contributed by atoms with Gasteiger partial charge in [0, 0.05) is 19.8 Å². The van der Waals surface area contributed by atoms with Gasteiger partial charge in [-0.25, -0.2) is 0 Å². The quantitative estimate of drug-likeness (QED) is 0.0774. The molecule has 0 bridgehead atoms. The molecule has 15 heteroatoms. The third-order valence-corrected chi connectivity index (χ3v) is 5.02. The number of unbranched alkanes of at least 4 members (excludes halogenated alkanes) is 1. The summed E-state index contributed by atoms with van der Waals surface area (Å²) in [4.78, 5) is 32.4. The van der Waals surface area contributed by atoms with Gasteiger partial charge in [0.15, 0.2) is 0 Å². The van der Waals surface area contributed by atoms with Crippen LogP contribution in [-0.4, -0.2) is 155 Å². The van der Waals surface area contributed by atoms with E-state index in [0.717, 1.165) is 0 Å². The number of hydrogen-bond acceptors (Lipinski definition) is 14. The number of carbonyl (C=O) groups excluding carboxylic acids is 2. The summed E-state index contributed by atoms with van der Waals surface area (Å²) in [6.45, 7) is 9.67. The van der Waals surface area contributed by atoms with E-state index in [9.17, 15) is 14.4 Å². The Hall–Kier alpha value is -1.95. The van der Waals surface area contributed by atoms with Crippen molar-refractivity contribution in [3.05, 3.63) is 0 Å². The fraction of sp³-hybridized carbons (Fsp3) is 0.893. The maximum Gasteiger partial charge on any atom is 0.305 e. The second-order valence-electron chi connectivity index (χ2n) is 8.67. The van der Waals surface area contributed by atoms with Crippen LogP contribution in [0.15, 0.2) is 0 Å². The van der Waals surface area contributed by atoms with Gasteiger partial charge in [-0.1, -0.05) is 0 Å². The van der Waals surface area contributed by atoms with Gasteiger partial charge in [0.1, 0.15) is 13.2 Å². The van der Waals surface area contributed by atoms with E-state index in [4.69, 9.17) is 57.2 Å². The molecule has 0 unspecified atom stereocenters. The number of hydrogen-bond donors (Lipinski definition) is 1. The molecule has 0 saturated heterocycles. The third kappa shape index (κ3) is 38.0. The Morgan fingerprint density at radius 3 is 0.930 bits per heavy atom. The smallest absolute Gasteiger partial charge is 0.305 e. The molecule has 0 aromatic heterocycles. The van der Waals surface area contributed by atoms with Gasteiger partial charge < -0.3 is 57.2 Å². The van der Waals surface area contributed by atoms with E-state index in [0.29, 0.717) is 125 Å². The lowest BCUT2D eigenvalue weighted by atomic mass is 10.2. The molecule has 0 spiro atoms. The van der Waals surface area contributed by atoms with E-state index in [1.54, 1.807) is 0 Å². The summed E-state index contributed by atoms with van der Waals surface area (Å²) >= 11 is 0. The molecule has 1 N–H and O–H groups in total. The Morgan fingerprint density at radius 1 is 0.395 bits per heavy atom.